The molecular formula is C17H14O4. The second-order valence-electron chi connectivity index (χ2n) is 4.86. The van der Waals surface area contributed by atoms with Gasteiger partial charge in [-0.3, -0.25) is 0 Å². The summed E-state index contributed by atoms with van der Waals surface area (Å²) in [5, 5.41) is 0. The number of benzene rings is 2. The standard InChI is InChI=1S/C17H14O4/c1-20-16(18)10-6-7-12-11(8-10)9-15-13(12)4-3-5-14(15)17(19)21-2/h3-8H,9H2,1-2H3. The third kappa shape index (κ3) is 2.09. The first kappa shape index (κ1) is 13.4. The van der Waals surface area contributed by atoms with Gasteiger partial charge in [0.05, 0.1) is 25.3 Å². The predicted molar refractivity (Wildman–Crippen MR) is 77.4 cm³/mol. The first-order valence-electron chi connectivity index (χ1n) is 6.57. The van der Waals surface area contributed by atoms with Crippen LogP contribution >= 0.6 is 0 Å². The van der Waals surface area contributed by atoms with Crippen molar-refractivity contribution in [3.63, 3.8) is 0 Å². The Hall–Kier alpha value is -2.62. The Balaban J connectivity index is 2.09. The normalized spacial score (nSPS) is 11.5. The van der Waals surface area contributed by atoms with Crippen LogP contribution in [0.25, 0.3) is 11.1 Å². The van der Waals surface area contributed by atoms with Crippen LogP contribution in [0.5, 0.6) is 0 Å². The number of fused-ring (bicyclic) bond motifs is 3. The Labute approximate surface area is 122 Å². The maximum Gasteiger partial charge on any atom is 0.338 e. The summed E-state index contributed by atoms with van der Waals surface area (Å²) in [4.78, 5) is 23.5. The van der Waals surface area contributed by atoms with Crippen LogP contribution in [0, 0.1) is 0 Å². The number of rotatable bonds is 2. The first-order chi connectivity index (χ1) is 10.2. The summed E-state index contributed by atoms with van der Waals surface area (Å²) in [6, 6.07) is 11.0. The minimum atomic E-state index is -0.359. The number of carbonyl (C=O) groups excluding carboxylic acids is 2. The van der Waals surface area contributed by atoms with Gasteiger partial charge < -0.3 is 9.47 Å². The Kier molecular flexibility index (Phi) is 3.22. The van der Waals surface area contributed by atoms with Gasteiger partial charge in [-0.25, -0.2) is 9.59 Å². The van der Waals surface area contributed by atoms with Gasteiger partial charge in [0.2, 0.25) is 0 Å². The van der Waals surface area contributed by atoms with Crippen LogP contribution in [0.3, 0.4) is 0 Å². The fourth-order valence-electron chi connectivity index (χ4n) is 2.77. The second kappa shape index (κ2) is 5.05. The van der Waals surface area contributed by atoms with Crippen LogP contribution in [-0.4, -0.2) is 26.2 Å². The van der Waals surface area contributed by atoms with E-state index in [1.807, 2.05) is 24.3 Å². The van der Waals surface area contributed by atoms with Gasteiger partial charge in [0.1, 0.15) is 0 Å². The summed E-state index contributed by atoms with van der Waals surface area (Å²) in [7, 11) is 2.73. The second-order valence-corrected chi connectivity index (χ2v) is 4.86. The molecule has 0 radical (unpaired) electrons. The third-order valence-corrected chi connectivity index (χ3v) is 3.77. The number of carbonyl (C=O) groups is 2. The number of ether oxygens (including phenoxy) is 2. The molecule has 0 spiro atoms. The van der Waals surface area contributed by atoms with E-state index in [4.69, 9.17) is 9.47 Å². The molecule has 106 valence electrons. The summed E-state index contributed by atoms with van der Waals surface area (Å²) in [5.41, 5.74) is 5.12. The Bertz CT molecular complexity index is 746. The Morgan fingerprint density at radius 3 is 2.43 bits per heavy atom. The molecule has 0 aliphatic heterocycles. The highest BCUT2D eigenvalue weighted by Gasteiger charge is 2.24. The van der Waals surface area contributed by atoms with Crippen LogP contribution in [0.4, 0.5) is 0 Å². The first-order valence-corrected chi connectivity index (χ1v) is 6.57. The van der Waals surface area contributed by atoms with Crippen LogP contribution in [-0.2, 0) is 15.9 Å². The van der Waals surface area contributed by atoms with Crippen molar-refractivity contribution in [2.45, 2.75) is 6.42 Å². The lowest BCUT2D eigenvalue weighted by Gasteiger charge is -2.06. The molecular weight excluding hydrogens is 268 g/mol. The molecule has 0 amide bonds. The van der Waals surface area contributed by atoms with Gasteiger partial charge >= 0.3 is 11.9 Å². The molecule has 4 nitrogen and oxygen atoms in total. The highest BCUT2D eigenvalue weighted by atomic mass is 16.5. The van der Waals surface area contributed by atoms with Gasteiger partial charge in [-0.05, 0) is 46.9 Å². The quantitative estimate of drug-likeness (QED) is 0.678. The minimum Gasteiger partial charge on any atom is -0.465 e. The van der Waals surface area contributed by atoms with Gasteiger partial charge in [-0.15, -0.1) is 0 Å². The van der Waals surface area contributed by atoms with Gasteiger partial charge in [0.25, 0.3) is 0 Å². The number of methoxy groups -OCH3 is 2. The van der Waals surface area contributed by atoms with E-state index in [9.17, 15) is 9.59 Å². The zero-order chi connectivity index (χ0) is 15.0. The molecule has 0 aromatic heterocycles. The molecule has 0 fully saturated rings. The summed E-state index contributed by atoms with van der Waals surface area (Å²) in [5.74, 6) is -0.699. The molecule has 21 heavy (non-hydrogen) atoms. The maximum absolute atomic E-state index is 11.8. The molecule has 0 saturated heterocycles. The number of hydrogen-bond donors (Lipinski definition) is 0. The van der Waals surface area contributed by atoms with E-state index in [1.165, 1.54) is 14.2 Å². The Morgan fingerprint density at radius 1 is 0.952 bits per heavy atom. The van der Waals surface area contributed by atoms with Crippen molar-refractivity contribution in [1.29, 1.82) is 0 Å². The van der Waals surface area contributed by atoms with E-state index in [-0.39, 0.29) is 11.9 Å². The molecule has 0 unspecified atom stereocenters. The van der Waals surface area contributed by atoms with Crippen molar-refractivity contribution in [3.8, 4) is 11.1 Å². The highest BCUT2D eigenvalue weighted by Crippen LogP contribution is 2.38. The zero-order valence-electron chi connectivity index (χ0n) is 11.8. The number of esters is 2. The molecule has 4 heteroatoms. The lowest BCUT2D eigenvalue weighted by Crippen LogP contribution is -2.05. The highest BCUT2D eigenvalue weighted by molar-refractivity contribution is 5.96. The number of hydrogen-bond acceptors (Lipinski definition) is 4. The van der Waals surface area contributed by atoms with E-state index in [2.05, 4.69) is 0 Å². The lowest BCUT2D eigenvalue weighted by molar-refractivity contribution is 0.0591. The summed E-state index contributed by atoms with van der Waals surface area (Å²) in [6.07, 6.45) is 0.612. The fourth-order valence-corrected chi connectivity index (χ4v) is 2.77. The van der Waals surface area contributed by atoms with Gasteiger partial charge in [0, 0.05) is 0 Å². The van der Waals surface area contributed by atoms with Gasteiger partial charge in [0.15, 0.2) is 0 Å². The third-order valence-electron chi connectivity index (χ3n) is 3.77. The smallest absolute Gasteiger partial charge is 0.338 e. The molecule has 1 aliphatic rings. The molecule has 2 aromatic carbocycles. The molecule has 2 aromatic rings. The van der Waals surface area contributed by atoms with Gasteiger partial charge in [-0.2, -0.15) is 0 Å². The van der Waals surface area contributed by atoms with Crippen molar-refractivity contribution in [2.75, 3.05) is 14.2 Å². The summed E-state index contributed by atoms with van der Waals surface area (Å²) >= 11 is 0. The molecule has 0 N–H and O–H groups in total. The molecule has 0 saturated carbocycles. The van der Waals surface area contributed by atoms with Crippen LogP contribution in [0.15, 0.2) is 36.4 Å². The monoisotopic (exact) mass is 282 g/mol. The predicted octanol–water partition coefficient (Wildman–Crippen LogP) is 2.83. The van der Waals surface area contributed by atoms with E-state index in [0.717, 1.165) is 22.3 Å². The van der Waals surface area contributed by atoms with Crippen molar-refractivity contribution in [2.24, 2.45) is 0 Å². The van der Waals surface area contributed by atoms with Crippen molar-refractivity contribution >= 4 is 11.9 Å². The van der Waals surface area contributed by atoms with E-state index in [1.54, 1.807) is 12.1 Å². The fraction of sp³-hybridized carbons (Fsp3) is 0.176. The van der Waals surface area contributed by atoms with E-state index >= 15 is 0 Å². The average Bonchev–Trinajstić information content (AvgIpc) is 2.90. The largest absolute Gasteiger partial charge is 0.465 e. The van der Waals surface area contributed by atoms with Crippen LogP contribution in [0.2, 0.25) is 0 Å². The lowest BCUT2D eigenvalue weighted by atomic mass is 10.0. The molecule has 0 atom stereocenters. The van der Waals surface area contributed by atoms with Gasteiger partial charge in [-0.1, -0.05) is 18.2 Å². The minimum absolute atomic E-state index is 0.340. The SMILES string of the molecule is COC(=O)c1ccc2c(c1)Cc1c(C(=O)OC)cccc1-2. The average molecular weight is 282 g/mol. The molecule has 3 rings (SSSR count). The van der Waals surface area contributed by atoms with E-state index < -0.39 is 0 Å². The summed E-state index contributed by atoms with van der Waals surface area (Å²) < 4.78 is 9.57. The maximum atomic E-state index is 11.8. The molecule has 0 bridgehead atoms. The van der Waals surface area contributed by atoms with Crippen LogP contribution in [0.1, 0.15) is 31.8 Å². The topological polar surface area (TPSA) is 52.6 Å². The van der Waals surface area contributed by atoms with Crippen molar-refractivity contribution in [3.05, 3.63) is 58.7 Å². The summed E-state index contributed by atoms with van der Waals surface area (Å²) in [6.45, 7) is 0. The molecule has 0 heterocycles. The van der Waals surface area contributed by atoms with Crippen molar-refractivity contribution < 1.29 is 19.1 Å². The van der Waals surface area contributed by atoms with Crippen molar-refractivity contribution in [1.82, 2.24) is 0 Å². The zero-order valence-corrected chi connectivity index (χ0v) is 11.8. The Morgan fingerprint density at radius 2 is 1.71 bits per heavy atom. The molecule has 1 aliphatic carbocycles. The van der Waals surface area contributed by atoms with E-state index in [0.29, 0.717) is 17.5 Å². The van der Waals surface area contributed by atoms with Crippen LogP contribution < -0.4 is 0 Å².